The first-order valence-corrected chi connectivity index (χ1v) is 12.9. The van der Waals surface area contributed by atoms with Crippen LogP contribution in [0.4, 0.5) is 0 Å². The van der Waals surface area contributed by atoms with Gasteiger partial charge in [0.15, 0.2) is 5.69 Å². The summed E-state index contributed by atoms with van der Waals surface area (Å²) in [5.41, 5.74) is 5.55. The highest BCUT2D eigenvalue weighted by Gasteiger charge is 2.29. The summed E-state index contributed by atoms with van der Waals surface area (Å²) in [6.45, 7) is 3.26. The minimum Gasteiger partial charge on any atom is -0.490 e. The number of fused-ring (bicyclic) bond motifs is 1. The summed E-state index contributed by atoms with van der Waals surface area (Å²) in [4.78, 5) is 17.3. The first kappa shape index (κ1) is 22.2. The van der Waals surface area contributed by atoms with Crippen LogP contribution in [0, 0.1) is 0 Å². The first-order valence-electron chi connectivity index (χ1n) is 12.0. The second-order valence-electron chi connectivity index (χ2n) is 9.30. The van der Waals surface area contributed by atoms with E-state index >= 15 is 0 Å². The fourth-order valence-electron chi connectivity index (χ4n) is 4.96. The molecule has 0 unspecified atom stereocenters. The molecular weight excluding hydrogens is 432 g/mol. The van der Waals surface area contributed by atoms with Crippen LogP contribution in [0.1, 0.15) is 58.6 Å². The van der Waals surface area contributed by atoms with E-state index in [4.69, 9.17) is 4.74 Å². The predicted molar refractivity (Wildman–Crippen MR) is 131 cm³/mol. The van der Waals surface area contributed by atoms with E-state index in [1.165, 1.54) is 17.5 Å². The molecule has 7 heteroatoms. The van der Waals surface area contributed by atoms with Crippen LogP contribution in [-0.4, -0.2) is 52.1 Å². The molecule has 2 aliphatic rings. The Morgan fingerprint density at radius 2 is 2.00 bits per heavy atom. The van der Waals surface area contributed by atoms with Gasteiger partial charge in [-0.05, 0) is 72.8 Å². The maximum Gasteiger partial charge on any atom is 0.274 e. The largest absolute Gasteiger partial charge is 0.490 e. The number of nitrogens with one attached hydrogen (secondary N) is 1. The van der Waals surface area contributed by atoms with E-state index in [0.717, 1.165) is 62.2 Å². The maximum absolute atomic E-state index is 13.1. The summed E-state index contributed by atoms with van der Waals surface area (Å²) >= 11 is 1.74. The fraction of sp³-hybridized carbons (Fsp3) is 0.462. The van der Waals surface area contributed by atoms with Crippen molar-refractivity contribution in [2.24, 2.45) is 0 Å². The van der Waals surface area contributed by atoms with Gasteiger partial charge in [-0.15, -0.1) is 0 Å². The number of ether oxygens (including phenoxy) is 1. The van der Waals surface area contributed by atoms with Crippen molar-refractivity contribution in [3.63, 3.8) is 0 Å². The van der Waals surface area contributed by atoms with Gasteiger partial charge in [0.05, 0.1) is 0 Å². The number of carbonyl (C=O) groups is 1. The van der Waals surface area contributed by atoms with Crippen molar-refractivity contribution in [2.45, 2.75) is 57.7 Å². The number of benzene rings is 1. The normalized spacial score (nSPS) is 16.7. The molecule has 3 aromatic rings. The number of piperidine rings is 1. The molecular formula is C26H32N4O2S. The van der Waals surface area contributed by atoms with Gasteiger partial charge >= 0.3 is 0 Å². The summed E-state index contributed by atoms with van der Waals surface area (Å²) in [6, 6.07) is 10.6. The molecule has 0 atom stereocenters. The lowest BCUT2D eigenvalue weighted by atomic mass is 9.95. The lowest BCUT2D eigenvalue weighted by Gasteiger charge is -2.32. The number of carbonyl (C=O) groups excluding carboxylic acids is 1. The summed E-state index contributed by atoms with van der Waals surface area (Å²) in [5, 5.41) is 11.8. The minimum absolute atomic E-state index is 0.0727. The summed E-state index contributed by atoms with van der Waals surface area (Å²) in [7, 11) is 2.15. The highest BCUT2D eigenvalue weighted by atomic mass is 32.1. The maximum atomic E-state index is 13.1. The standard InChI is InChI=1S/C26H32N4O2S/c1-29(17-20-11-14-33-18-20)16-19-5-4-6-22(15-19)32-21-9-12-30(13-10-21)26(31)25-23-7-2-3-8-24(23)27-28-25/h4-6,11,14-15,18,21H,2-3,7-10,12-13,16-17H2,1H3,(H,27,28). The van der Waals surface area contributed by atoms with Crippen molar-refractivity contribution in [3.8, 4) is 5.75 Å². The van der Waals surface area contributed by atoms with Crippen molar-refractivity contribution in [1.82, 2.24) is 20.0 Å². The highest BCUT2D eigenvalue weighted by Crippen LogP contribution is 2.25. The topological polar surface area (TPSA) is 61.5 Å². The third-order valence-corrected chi connectivity index (χ3v) is 7.41. The molecule has 1 aromatic carbocycles. The summed E-state index contributed by atoms with van der Waals surface area (Å²) < 4.78 is 6.32. The Hall–Kier alpha value is -2.64. The van der Waals surface area contributed by atoms with Gasteiger partial charge < -0.3 is 9.64 Å². The zero-order valence-electron chi connectivity index (χ0n) is 19.3. The van der Waals surface area contributed by atoms with Gasteiger partial charge in [-0.1, -0.05) is 12.1 Å². The van der Waals surface area contributed by atoms with Gasteiger partial charge in [0.2, 0.25) is 0 Å². The zero-order valence-corrected chi connectivity index (χ0v) is 20.1. The fourth-order valence-corrected chi connectivity index (χ4v) is 5.62. The molecule has 174 valence electrons. The molecule has 33 heavy (non-hydrogen) atoms. The molecule has 1 amide bonds. The average Bonchev–Trinajstić information content (AvgIpc) is 3.49. The molecule has 5 rings (SSSR count). The Labute approximate surface area is 199 Å². The van der Waals surface area contributed by atoms with Crippen LogP contribution in [0.5, 0.6) is 5.75 Å². The van der Waals surface area contributed by atoms with E-state index < -0.39 is 0 Å². The van der Waals surface area contributed by atoms with Gasteiger partial charge in [-0.3, -0.25) is 14.8 Å². The van der Waals surface area contributed by atoms with Crippen molar-refractivity contribution in [1.29, 1.82) is 0 Å². The van der Waals surface area contributed by atoms with E-state index in [9.17, 15) is 4.79 Å². The quantitative estimate of drug-likeness (QED) is 0.552. The SMILES string of the molecule is CN(Cc1ccsc1)Cc1cccc(OC2CCN(C(=O)c3n[nH]c4c3CCCC4)CC2)c1. The van der Waals surface area contributed by atoms with Crippen LogP contribution in [-0.2, 0) is 25.9 Å². The number of H-pyrrole nitrogens is 1. The van der Waals surface area contributed by atoms with Crippen molar-refractivity contribution >= 4 is 17.2 Å². The van der Waals surface area contributed by atoms with Gasteiger partial charge in [-0.25, -0.2) is 0 Å². The second kappa shape index (κ2) is 10.1. The predicted octanol–water partition coefficient (Wildman–Crippen LogP) is 4.67. The number of likely N-dealkylation sites (tertiary alicyclic amines) is 1. The number of aryl methyl sites for hydroxylation is 1. The van der Waals surface area contributed by atoms with Gasteiger partial charge in [-0.2, -0.15) is 16.4 Å². The molecule has 2 aromatic heterocycles. The van der Waals surface area contributed by atoms with Crippen molar-refractivity contribution in [3.05, 3.63) is 69.2 Å². The highest BCUT2D eigenvalue weighted by molar-refractivity contribution is 7.07. The average molecular weight is 465 g/mol. The van der Waals surface area contributed by atoms with Crippen LogP contribution >= 0.6 is 11.3 Å². The third kappa shape index (κ3) is 5.31. The van der Waals surface area contributed by atoms with Crippen LogP contribution in [0.15, 0.2) is 41.1 Å². The van der Waals surface area contributed by atoms with Crippen molar-refractivity contribution < 1.29 is 9.53 Å². The van der Waals surface area contributed by atoms with Crippen molar-refractivity contribution in [2.75, 3.05) is 20.1 Å². The molecule has 0 spiro atoms. The Bertz CT molecular complexity index is 1070. The van der Waals surface area contributed by atoms with E-state index in [1.807, 2.05) is 11.0 Å². The number of hydrogen-bond acceptors (Lipinski definition) is 5. The lowest BCUT2D eigenvalue weighted by Crippen LogP contribution is -2.42. The van der Waals surface area contributed by atoms with E-state index in [-0.39, 0.29) is 12.0 Å². The van der Waals surface area contributed by atoms with Gasteiger partial charge in [0, 0.05) is 50.3 Å². The van der Waals surface area contributed by atoms with Crippen LogP contribution in [0.3, 0.4) is 0 Å². The number of aromatic amines is 1. The van der Waals surface area contributed by atoms with E-state index in [0.29, 0.717) is 18.8 Å². The third-order valence-electron chi connectivity index (χ3n) is 6.67. The molecule has 1 aliphatic carbocycles. The lowest BCUT2D eigenvalue weighted by molar-refractivity contribution is 0.0589. The molecule has 0 bridgehead atoms. The summed E-state index contributed by atoms with van der Waals surface area (Å²) in [6.07, 6.45) is 6.13. The molecule has 3 heterocycles. The molecule has 0 saturated carbocycles. The number of rotatable bonds is 7. The minimum atomic E-state index is 0.0727. The number of thiophene rings is 1. The monoisotopic (exact) mass is 464 g/mol. The number of amides is 1. The molecule has 1 fully saturated rings. The van der Waals surface area contributed by atoms with Crippen LogP contribution in [0.25, 0.3) is 0 Å². The van der Waals surface area contributed by atoms with E-state index in [2.05, 4.69) is 57.2 Å². The second-order valence-corrected chi connectivity index (χ2v) is 10.1. The molecule has 6 nitrogen and oxygen atoms in total. The molecule has 1 N–H and O–H groups in total. The van der Waals surface area contributed by atoms with Gasteiger partial charge in [0.25, 0.3) is 5.91 Å². The molecule has 0 radical (unpaired) electrons. The van der Waals surface area contributed by atoms with E-state index in [1.54, 1.807) is 11.3 Å². The molecule has 1 aliphatic heterocycles. The number of nitrogens with zero attached hydrogens (tertiary/aromatic N) is 3. The zero-order chi connectivity index (χ0) is 22.6. The Morgan fingerprint density at radius 3 is 2.82 bits per heavy atom. The first-order chi connectivity index (χ1) is 16.2. The number of hydrogen-bond donors (Lipinski definition) is 1. The Balaban J connectivity index is 1.13. The Kier molecular flexibility index (Phi) is 6.78. The summed E-state index contributed by atoms with van der Waals surface area (Å²) in [5.74, 6) is 0.992. The van der Waals surface area contributed by atoms with Crippen LogP contribution in [0.2, 0.25) is 0 Å². The van der Waals surface area contributed by atoms with Gasteiger partial charge in [0.1, 0.15) is 11.9 Å². The Morgan fingerprint density at radius 1 is 1.18 bits per heavy atom. The van der Waals surface area contributed by atoms with Crippen LogP contribution < -0.4 is 4.74 Å². The number of aromatic nitrogens is 2. The smallest absolute Gasteiger partial charge is 0.274 e. The molecule has 1 saturated heterocycles.